The van der Waals surface area contributed by atoms with Crippen LogP contribution in [-0.2, 0) is 14.4 Å². The minimum absolute atomic E-state index is 0.330. The number of primary amides is 1. The van der Waals surface area contributed by atoms with Crippen LogP contribution in [0.2, 0.25) is 0 Å². The van der Waals surface area contributed by atoms with E-state index in [-0.39, 0.29) is 6.61 Å². The van der Waals surface area contributed by atoms with E-state index in [1.165, 1.54) is 13.8 Å². The average molecular weight is 331 g/mol. The van der Waals surface area contributed by atoms with Gasteiger partial charge in [-0.05, 0) is 41.5 Å². The lowest BCUT2D eigenvalue weighted by Crippen LogP contribution is -2.64. The highest BCUT2D eigenvalue weighted by atomic mass is 16.9. The summed E-state index contributed by atoms with van der Waals surface area (Å²) in [7, 11) is 0. The van der Waals surface area contributed by atoms with Gasteiger partial charge in [-0.2, -0.15) is 0 Å². The molecule has 1 amide bonds. The van der Waals surface area contributed by atoms with Crippen LogP contribution >= 0.6 is 0 Å². The molecule has 3 N–H and O–H groups in total. The first-order valence-electron chi connectivity index (χ1n) is 7.29. The molecule has 2 unspecified atom stereocenters. The monoisotopic (exact) mass is 331 g/mol. The van der Waals surface area contributed by atoms with Crippen molar-refractivity contribution in [2.45, 2.75) is 58.2 Å². The molecule has 1 heterocycles. The molecule has 2 atom stereocenters. The second kappa shape index (κ2) is 5.63. The van der Waals surface area contributed by atoms with Crippen LogP contribution in [0.3, 0.4) is 0 Å². The zero-order valence-corrected chi connectivity index (χ0v) is 14.3. The molecular weight excluding hydrogens is 306 g/mol. The van der Waals surface area contributed by atoms with Gasteiger partial charge < -0.3 is 15.7 Å². The summed E-state index contributed by atoms with van der Waals surface area (Å²) in [5.41, 5.74) is 2.46. The summed E-state index contributed by atoms with van der Waals surface area (Å²) in [6.07, 6.45) is 0. The van der Waals surface area contributed by atoms with Crippen LogP contribution in [-0.4, -0.2) is 50.2 Å². The number of likely N-dealkylation sites (tertiary alicyclic amines) is 1. The number of carboxylic acids is 1. The average Bonchev–Trinajstić information content (AvgIpc) is 2.47. The van der Waals surface area contributed by atoms with Gasteiger partial charge >= 0.3 is 5.97 Å². The minimum Gasteiger partial charge on any atom is -0.480 e. The minimum atomic E-state index is -1.30. The number of rotatable bonds is 6. The van der Waals surface area contributed by atoms with E-state index in [9.17, 15) is 24.8 Å². The molecule has 1 aliphatic rings. The molecule has 0 bridgehead atoms. The first-order valence-corrected chi connectivity index (χ1v) is 7.29. The first-order chi connectivity index (χ1) is 10.2. The van der Waals surface area contributed by atoms with Crippen LogP contribution in [0, 0.1) is 22.0 Å². The number of hydrogen-bond acceptors (Lipinski definition) is 6. The predicted octanol–water partition coefficient (Wildman–Crippen LogP) is 0.648. The van der Waals surface area contributed by atoms with Gasteiger partial charge in [-0.3, -0.25) is 14.5 Å². The molecule has 0 spiro atoms. The van der Waals surface area contributed by atoms with Gasteiger partial charge in [-0.25, -0.2) is 0 Å². The topological polar surface area (TPSA) is 136 Å². The summed E-state index contributed by atoms with van der Waals surface area (Å²) < 4.78 is 0. The predicted molar refractivity (Wildman–Crippen MR) is 80.8 cm³/mol. The van der Waals surface area contributed by atoms with Crippen molar-refractivity contribution in [1.82, 2.24) is 4.90 Å². The highest BCUT2D eigenvalue weighted by Gasteiger charge is 2.65. The zero-order chi connectivity index (χ0) is 18.4. The van der Waals surface area contributed by atoms with Gasteiger partial charge in [-0.15, -0.1) is 10.1 Å². The molecule has 0 aromatic heterocycles. The molecule has 0 aromatic carbocycles. The van der Waals surface area contributed by atoms with E-state index >= 15 is 0 Å². The normalized spacial score (nSPS) is 26.7. The van der Waals surface area contributed by atoms with Crippen LogP contribution in [0.5, 0.6) is 0 Å². The van der Waals surface area contributed by atoms with Gasteiger partial charge in [0.1, 0.15) is 12.1 Å². The Hall–Kier alpha value is -1.90. The first kappa shape index (κ1) is 19.1. The smallest absolute Gasteiger partial charge is 0.323 e. The summed E-state index contributed by atoms with van der Waals surface area (Å²) in [6.45, 7) is 9.68. The van der Waals surface area contributed by atoms with Gasteiger partial charge in [0.05, 0.1) is 5.92 Å². The lowest BCUT2D eigenvalue weighted by molar-refractivity contribution is -0.759. The molecule has 1 saturated heterocycles. The maximum absolute atomic E-state index is 12.0. The SMILES string of the molecule is CC(C)(C(=O)O)N1C(C)(C)C(CO[N+](=O)[O-])C(C(N)=O)C1(C)C. The highest BCUT2D eigenvalue weighted by molar-refractivity contribution is 5.81. The van der Waals surface area contributed by atoms with E-state index in [2.05, 4.69) is 4.84 Å². The Kier molecular flexibility index (Phi) is 4.68. The third kappa shape index (κ3) is 2.97. The van der Waals surface area contributed by atoms with Crippen molar-refractivity contribution in [3.05, 3.63) is 10.1 Å². The Morgan fingerprint density at radius 2 is 1.78 bits per heavy atom. The van der Waals surface area contributed by atoms with E-state index in [0.29, 0.717) is 0 Å². The lowest BCUT2D eigenvalue weighted by atomic mass is 9.77. The van der Waals surface area contributed by atoms with Crippen LogP contribution in [0.15, 0.2) is 0 Å². The summed E-state index contributed by atoms with van der Waals surface area (Å²) in [4.78, 5) is 40.5. The van der Waals surface area contributed by atoms with Crippen molar-refractivity contribution in [1.29, 1.82) is 0 Å². The van der Waals surface area contributed by atoms with Crippen molar-refractivity contribution in [2.24, 2.45) is 17.6 Å². The molecule has 9 heteroatoms. The second-order valence-electron chi connectivity index (χ2n) is 7.51. The zero-order valence-electron chi connectivity index (χ0n) is 14.3. The summed E-state index contributed by atoms with van der Waals surface area (Å²) in [5.74, 6) is -3.11. The number of nitrogens with two attached hydrogens (primary N) is 1. The molecule has 0 radical (unpaired) electrons. The van der Waals surface area contributed by atoms with E-state index in [0.717, 1.165) is 0 Å². The van der Waals surface area contributed by atoms with Crippen LogP contribution in [0.1, 0.15) is 41.5 Å². The summed E-state index contributed by atoms with van der Waals surface area (Å²) in [6, 6.07) is 0. The third-order valence-corrected chi connectivity index (χ3v) is 4.97. The van der Waals surface area contributed by atoms with E-state index in [4.69, 9.17) is 5.73 Å². The third-order valence-electron chi connectivity index (χ3n) is 4.97. The quantitative estimate of drug-likeness (QED) is 0.538. The fraction of sp³-hybridized carbons (Fsp3) is 0.857. The number of hydrogen-bond donors (Lipinski definition) is 2. The number of carbonyl (C=O) groups is 2. The number of carbonyl (C=O) groups excluding carboxylic acids is 1. The standard InChI is InChI=1S/C14H25N3O6/c1-12(2)8(7-23-17(21)22)9(10(15)18)13(3,4)16(12)14(5,6)11(19)20/h8-9H,7H2,1-6H3,(H2,15,18)(H,19,20). The number of aliphatic carboxylic acids is 1. The highest BCUT2D eigenvalue weighted by Crippen LogP contribution is 2.52. The largest absolute Gasteiger partial charge is 0.480 e. The Morgan fingerprint density at radius 1 is 1.30 bits per heavy atom. The van der Waals surface area contributed by atoms with Crippen molar-refractivity contribution in [3.63, 3.8) is 0 Å². The molecule has 9 nitrogen and oxygen atoms in total. The van der Waals surface area contributed by atoms with Gasteiger partial charge in [0, 0.05) is 17.0 Å². The van der Waals surface area contributed by atoms with Crippen LogP contribution < -0.4 is 5.73 Å². The number of carboxylic acid groups (broad SMARTS) is 1. The Labute approximate surface area is 134 Å². The van der Waals surface area contributed by atoms with E-state index in [1.807, 2.05) is 0 Å². The van der Waals surface area contributed by atoms with Gasteiger partial charge in [0.15, 0.2) is 0 Å². The summed E-state index contributed by atoms with van der Waals surface area (Å²) in [5, 5.41) is 19.2. The van der Waals surface area contributed by atoms with Crippen molar-refractivity contribution in [3.8, 4) is 0 Å². The number of nitrogens with zero attached hydrogens (tertiary/aromatic N) is 2. The fourth-order valence-electron chi connectivity index (χ4n) is 4.47. The van der Waals surface area contributed by atoms with E-state index in [1.54, 1.807) is 32.6 Å². The second-order valence-corrected chi connectivity index (χ2v) is 7.51. The molecular formula is C14H25N3O6. The fourth-order valence-corrected chi connectivity index (χ4v) is 4.47. The van der Waals surface area contributed by atoms with Crippen molar-refractivity contribution < 1.29 is 24.6 Å². The van der Waals surface area contributed by atoms with Gasteiger partial charge in [-0.1, -0.05) is 0 Å². The maximum atomic E-state index is 12.0. The van der Waals surface area contributed by atoms with E-state index < -0.39 is 45.4 Å². The van der Waals surface area contributed by atoms with Crippen molar-refractivity contribution in [2.75, 3.05) is 6.61 Å². The van der Waals surface area contributed by atoms with Gasteiger partial charge in [0.25, 0.3) is 5.09 Å². The van der Waals surface area contributed by atoms with Crippen LogP contribution in [0.25, 0.3) is 0 Å². The molecule has 1 rings (SSSR count). The molecule has 132 valence electrons. The Bertz CT molecular complexity index is 529. The number of amides is 1. The molecule has 1 fully saturated rings. The summed E-state index contributed by atoms with van der Waals surface area (Å²) >= 11 is 0. The molecule has 0 saturated carbocycles. The van der Waals surface area contributed by atoms with Crippen LogP contribution in [0.4, 0.5) is 0 Å². The van der Waals surface area contributed by atoms with Gasteiger partial charge in [0.2, 0.25) is 5.91 Å². The molecule has 0 aromatic rings. The maximum Gasteiger partial charge on any atom is 0.323 e. The molecule has 1 aliphatic heterocycles. The Morgan fingerprint density at radius 3 is 2.13 bits per heavy atom. The lowest BCUT2D eigenvalue weighted by Gasteiger charge is -2.49. The Balaban J connectivity index is 3.46. The molecule has 23 heavy (non-hydrogen) atoms. The van der Waals surface area contributed by atoms with Crippen molar-refractivity contribution >= 4 is 11.9 Å². The molecule has 0 aliphatic carbocycles.